The van der Waals surface area contributed by atoms with Crippen LogP contribution < -0.4 is 0 Å². The van der Waals surface area contributed by atoms with Crippen molar-refractivity contribution in [2.75, 3.05) is 13.1 Å². The van der Waals surface area contributed by atoms with Crippen LogP contribution in [0.15, 0.2) is 60.8 Å². The molecule has 0 N–H and O–H groups in total. The summed E-state index contributed by atoms with van der Waals surface area (Å²) in [6.45, 7) is 4.47. The van der Waals surface area contributed by atoms with Gasteiger partial charge in [0.25, 0.3) is 0 Å². The molecule has 1 unspecified atom stereocenters. The monoisotopic (exact) mass is 390 g/mol. The zero-order valence-electron chi connectivity index (χ0n) is 16.7. The van der Waals surface area contributed by atoms with E-state index in [9.17, 15) is 4.79 Å². The molecule has 0 bridgehead atoms. The third-order valence-electron chi connectivity index (χ3n) is 5.41. The fourth-order valence-electron chi connectivity index (χ4n) is 3.67. The summed E-state index contributed by atoms with van der Waals surface area (Å²) in [6, 6.07) is 18.3. The quantitative estimate of drug-likeness (QED) is 0.621. The van der Waals surface area contributed by atoms with Crippen molar-refractivity contribution in [3.63, 3.8) is 0 Å². The Morgan fingerprint density at radius 2 is 1.90 bits per heavy atom. The zero-order chi connectivity index (χ0) is 20.1. The Morgan fingerprint density at radius 1 is 1.10 bits per heavy atom. The number of ether oxygens (including phenoxy) is 1. The average molecular weight is 390 g/mol. The maximum atomic E-state index is 12.7. The second-order valence-electron chi connectivity index (χ2n) is 7.55. The number of likely N-dealkylation sites (tertiary alicyclic amines) is 1. The van der Waals surface area contributed by atoms with Crippen molar-refractivity contribution in [2.24, 2.45) is 0 Å². The molecule has 29 heavy (non-hydrogen) atoms. The fourth-order valence-corrected chi connectivity index (χ4v) is 3.67. The van der Waals surface area contributed by atoms with Crippen LogP contribution in [-0.4, -0.2) is 38.9 Å². The lowest BCUT2D eigenvalue weighted by atomic mass is 10.1. The molecule has 4 rings (SSSR count). The highest BCUT2D eigenvalue weighted by molar-refractivity contribution is 5.79. The second kappa shape index (κ2) is 9.01. The number of nitrogens with zero attached hydrogens (tertiary/aromatic N) is 4. The lowest BCUT2D eigenvalue weighted by molar-refractivity contribution is -0.129. The van der Waals surface area contributed by atoms with Crippen LogP contribution in [0.3, 0.4) is 0 Å². The molecule has 0 spiro atoms. The van der Waals surface area contributed by atoms with Gasteiger partial charge in [-0.3, -0.25) is 4.79 Å². The smallest absolute Gasteiger partial charge is 0.227 e. The summed E-state index contributed by atoms with van der Waals surface area (Å²) in [7, 11) is 0. The molecule has 1 atom stereocenters. The topological polar surface area (TPSA) is 60.2 Å². The molecule has 1 amide bonds. The number of rotatable bonds is 7. The summed E-state index contributed by atoms with van der Waals surface area (Å²) >= 11 is 0. The Labute approximate surface area is 171 Å². The standard InChI is InChI=1S/C23H26N4O2/c1-18-7-5-6-10-20(18)13-23(28)26-12-11-22(15-26)27-14-21(24-25-27)17-29-16-19-8-3-2-4-9-19/h2-10,14,22H,11-13,15-17H2,1H3. The average Bonchev–Trinajstić information content (AvgIpc) is 3.40. The largest absolute Gasteiger partial charge is 0.370 e. The van der Waals surface area contributed by atoms with Crippen molar-refractivity contribution >= 4 is 5.91 Å². The van der Waals surface area contributed by atoms with E-state index < -0.39 is 0 Å². The van der Waals surface area contributed by atoms with Crippen molar-refractivity contribution < 1.29 is 9.53 Å². The summed E-state index contributed by atoms with van der Waals surface area (Å²) in [4.78, 5) is 14.6. The van der Waals surface area contributed by atoms with E-state index in [4.69, 9.17) is 4.74 Å². The highest BCUT2D eigenvalue weighted by atomic mass is 16.5. The van der Waals surface area contributed by atoms with E-state index in [1.54, 1.807) is 0 Å². The molecule has 2 aromatic carbocycles. The summed E-state index contributed by atoms with van der Waals surface area (Å²) in [5.41, 5.74) is 4.21. The minimum atomic E-state index is 0.172. The number of benzene rings is 2. The van der Waals surface area contributed by atoms with Gasteiger partial charge in [0.1, 0.15) is 5.69 Å². The zero-order valence-corrected chi connectivity index (χ0v) is 16.7. The number of aromatic nitrogens is 3. The Hall–Kier alpha value is -2.99. The van der Waals surface area contributed by atoms with E-state index in [0.717, 1.165) is 35.3 Å². The van der Waals surface area contributed by atoms with E-state index in [1.165, 1.54) is 0 Å². The molecule has 1 aliphatic rings. The maximum Gasteiger partial charge on any atom is 0.227 e. The van der Waals surface area contributed by atoms with Crippen molar-refractivity contribution in [1.82, 2.24) is 19.9 Å². The summed E-state index contributed by atoms with van der Waals surface area (Å²) in [6.07, 6.45) is 3.29. The van der Waals surface area contributed by atoms with Crippen LogP contribution in [0.5, 0.6) is 0 Å². The van der Waals surface area contributed by atoms with Gasteiger partial charge < -0.3 is 9.64 Å². The highest BCUT2D eigenvalue weighted by Crippen LogP contribution is 2.22. The minimum Gasteiger partial charge on any atom is -0.370 e. The predicted molar refractivity (Wildman–Crippen MR) is 110 cm³/mol. The van der Waals surface area contributed by atoms with Crippen molar-refractivity contribution in [3.8, 4) is 0 Å². The molecule has 3 aromatic rings. The first-order valence-corrected chi connectivity index (χ1v) is 10.0. The predicted octanol–water partition coefficient (Wildman–Crippen LogP) is 3.32. The number of hydrogen-bond donors (Lipinski definition) is 0. The van der Waals surface area contributed by atoms with Gasteiger partial charge in [0.05, 0.1) is 31.9 Å². The second-order valence-corrected chi connectivity index (χ2v) is 7.55. The van der Waals surface area contributed by atoms with Crippen molar-refractivity contribution in [3.05, 3.63) is 83.2 Å². The third-order valence-corrected chi connectivity index (χ3v) is 5.41. The number of amides is 1. The number of carbonyl (C=O) groups is 1. The first kappa shape index (κ1) is 19.3. The number of carbonyl (C=O) groups excluding carboxylic acids is 1. The molecule has 6 nitrogen and oxygen atoms in total. The summed E-state index contributed by atoms with van der Waals surface area (Å²) in [5.74, 6) is 0.174. The molecule has 0 saturated carbocycles. The molecule has 6 heteroatoms. The molecule has 1 saturated heterocycles. The first-order chi connectivity index (χ1) is 14.2. The highest BCUT2D eigenvalue weighted by Gasteiger charge is 2.28. The molecule has 0 radical (unpaired) electrons. The maximum absolute atomic E-state index is 12.7. The molecule has 2 heterocycles. The molecule has 150 valence electrons. The van der Waals surface area contributed by atoms with Gasteiger partial charge in [-0.05, 0) is 30.0 Å². The van der Waals surface area contributed by atoms with Gasteiger partial charge >= 0.3 is 0 Å². The molecular formula is C23H26N4O2. The fraction of sp³-hybridized carbons (Fsp3) is 0.348. The Kier molecular flexibility index (Phi) is 6.00. The van der Waals surface area contributed by atoms with Gasteiger partial charge in [0, 0.05) is 13.1 Å². The number of hydrogen-bond acceptors (Lipinski definition) is 4. The summed E-state index contributed by atoms with van der Waals surface area (Å²) in [5, 5.41) is 8.49. The normalized spacial score (nSPS) is 16.3. The van der Waals surface area contributed by atoms with E-state index >= 15 is 0 Å². The minimum absolute atomic E-state index is 0.172. The van der Waals surface area contributed by atoms with Crippen LogP contribution >= 0.6 is 0 Å². The molecule has 1 aromatic heterocycles. The van der Waals surface area contributed by atoms with Gasteiger partial charge in [0.2, 0.25) is 5.91 Å². The van der Waals surface area contributed by atoms with Crippen LogP contribution in [0.4, 0.5) is 0 Å². The van der Waals surface area contributed by atoms with Crippen LogP contribution in [0, 0.1) is 6.92 Å². The SMILES string of the molecule is Cc1ccccc1CC(=O)N1CCC(n2cc(COCc3ccccc3)nn2)C1. The molecule has 1 fully saturated rings. The Morgan fingerprint density at radius 3 is 2.72 bits per heavy atom. The molecular weight excluding hydrogens is 364 g/mol. The van der Waals surface area contributed by atoms with Gasteiger partial charge in [-0.15, -0.1) is 5.10 Å². The molecule has 1 aliphatic heterocycles. The van der Waals surface area contributed by atoms with Crippen LogP contribution in [0.1, 0.15) is 34.8 Å². The molecule has 0 aliphatic carbocycles. The van der Waals surface area contributed by atoms with E-state index in [-0.39, 0.29) is 11.9 Å². The van der Waals surface area contributed by atoms with Crippen molar-refractivity contribution in [1.29, 1.82) is 0 Å². The van der Waals surface area contributed by atoms with Gasteiger partial charge in [-0.25, -0.2) is 4.68 Å². The van der Waals surface area contributed by atoms with E-state index in [0.29, 0.717) is 26.2 Å². The first-order valence-electron chi connectivity index (χ1n) is 10.0. The lowest BCUT2D eigenvalue weighted by Crippen LogP contribution is -2.30. The van der Waals surface area contributed by atoms with Crippen molar-refractivity contribution in [2.45, 2.75) is 39.0 Å². The Bertz CT molecular complexity index is 954. The van der Waals surface area contributed by atoms with Crippen LogP contribution in [0.25, 0.3) is 0 Å². The third kappa shape index (κ3) is 4.90. The van der Waals surface area contributed by atoms with E-state index in [1.807, 2.05) is 77.3 Å². The number of aryl methyl sites for hydroxylation is 1. The lowest BCUT2D eigenvalue weighted by Gasteiger charge is -2.17. The van der Waals surface area contributed by atoms with Gasteiger partial charge in [-0.2, -0.15) is 0 Å². The van der Waals surface area contributed by atoms with E-state index in [2.05, 4.69) is 10.3 Å². The van der Waals surface area contributed by atoms with Crippen LogP contribution in [0.2, 0.25) is 0 Å². The van der Waals surface area contributed by atoms with Crippen LogP contribution in [-0.2, 0) is 29.2 Å². The van der Waals surface area contributed by atoms with Gasteiger partial charge in [-0.1, -0.05) is 59.8 Å². The Balaban J connectivity index is 1.28. The summed E-state index contributed by atoms with van der Waals surface area (Å²) < 4.78 is 7.62. The van der Waals surface area contributed by atoms with Gasteiger partial charge in [0.15, 0.2) is 0 Å².